The minimum Gasteiger partial charge on any atom is -0.477 e. The fourth-order valence-corrected chi connectivity index (χ4v) is 1.72. The standard InChI is InChI=1S/C14H13NO4/c1-2-19-13(16)6-4-9-3-5-11-10(7-9)8-12(15-11)14(17)18/h3-8,15H,2H2,1H3,(H,17,18). The van der Waals surface area contributed by atoms with Gasteiger partial charge >= 0.3 is 11.9 Å². The molecule has 0 spiro atoms. The SMILES string of the molecule is CCOC(=O)C=Cc1ccc2[nH]c(C(=O)O)cc2c1. The summed E-state index contributed by atoms with van der Waals surface area (Å²) >= 11 is 0. The molecule has 1 aromatic carbocycles. The second-order valence-electron chi connectivity index (χ2n) is 3.92. The van der Waals surface area contributed by atoms with Crippen LogP contribution in [0.15, 0.2) is 30.3 Å². The van der Waals surface area contributed by atoms with Crippen LogP contribution in [-0.2, 0) is 9.53 Å². The monoisotopic (exact) mass is 259 g/mol. The third-order valence-electron chi connectivity index (χ3n) is 2.57. The number of ether oxygens (including phenoxy) is 1. The lowest BCUT2D eigenvalue weighted by Gasteiger charge is -1.96. The Balaban J connectivity index is 2.26. The molecule has 2 rings (SSSR count). The Morgan fingerprint density at radius 3 is 2.84 bits per heavy atom. The molecule has 0 bridgehead atoms. The van der Waals surface area contributed by atoms with Crippen LogP contribution in [0, 0.1) is 0 Å². The minimum atomic E-state index is -1.00. The summed E-state index contributed by atoms with van der Waals surface area (Å²) in [4.78, 5) is 24.8. The number of hydrogen-bond acceptors (Lipinski definition) is 3. The number of fused-ring (bicyclic) bond motifs is 1. The normalized spacial score (nSPS) is 11.0. The first-order valence-corrected chi connectivity index (χ1v) is 5.81. The van der Waals surface area contributed by atoms with Crippen molar-refractivity contribution in [3.8, 4) is 0 Å². The summed E-state index contributed by atoms with van der Waals surface area (Å²) in [7, 11) is 0. The van der Waals surface area contributed by atoms with E-state index in [1.54, 1.807) is 37.3 Å². The van der Waals surface area contributed by atoms with Gasteiger partial charge in [0.2, 0.25) is 0 Å². The van der Waals surface area contributed by atoms with Gasteiger partial charge in [0, 0.05) is 17.0 Å². The number of benzene rings is 1. The lowest BCUT2D eigenvalue weighted by Crippen LogP contribution is -1.98. The fraction of sp³-hybridized carbons (Fsp3) is 0.143. The molecule has 0 aliphatic rings. The second kappa shape index (κ2) is 5.39. The molecule has 1 aromatic heterocycles. The highest BCUT2D eigenvalue weighted by atomic mass is 16.5. The largest absolute Gasteiger partial charge is 0.477 e. The average molecular weight is 259 g/mol. The van der Waals surface area contributed by atoms with Crippen LogP contribution in [0.3, 0.4) is 0 Å². The highest BCUT2D eigenvalue weighted by Gasteiger charge is 2.07. The van der Waals surface area contributed by atoms with E-state index >= 15 is 0 Å². The van der Waals surface area contributed by atoms with Gasteiger partial charge in [-0.15, -0.1) is 0 Å². The molecule has 0 saturated heterocycles. The van der Waals surface area contributed by atoms with Crippen molar-refractivity contribution in [3.05, 3.63) is 41.6 Å². The van der Waals surface area contributed by atoms with Crippen LogP contribution in [-0.4, -0.2) is 28.6 Å². The number of carbonyl (C=O) groups excluding carboxylic acids is 1. The van der Waals surface area contributed by atoms with Gasteiger partial charge in [-0.25, -0.2) is 9.59 Å². The van der Waals surface area contributed by atoms with Gasteiger partial charge in [-0.3, -0.25) is 0 Å². The zero-order valence-corrected chi connectivity index (χ0v) is 10.3. The number of carboxylic acid groups (broad SMARTS) is 1. The number of carbonyl (C=O) groups is 2. The highest BCUT2D eigenvalue weighted by Crippen LogP contribution is 2.18. The van der Waals surface area contributed by atoms with E-state index in [4.69, 9.17) is 9.84 Å². The van der Waals surface area contributed by atoms with E-state index in [9.17, 15) is 9.59 Å². The van der Waals surface area contributed by atoms with Gasteiger partial charge in [-0.2, -0.15) is 0 Å². The zero-order chi connectivity index (χ0) is 13.8. The maximum atomic E-state index is 11.2. The van der Waals surface area contributed by atoms with Crippen LogP contribution >= 0.6 is 0 Å². The fourth-order valence-electron chi connectivity index (χ4n) is 1.72. The van der Waals surface area contributed by atoms with E-state index in [1.807, 2.05) is 0 Å². The Morgan fingerprint density at radius 1 is 1.37 bits per heavy atom. The van der Waals surface area contributed by atoms with Gasteiger partial charge in [0.1, 0.15) is 5.69 Å². The van der Waals surface area contributed by atoms with E-state index in [-0.39, 0.29) is 5.69 Å². The van der Waals surface area contributed by atoms with Crippen molar-refractivity contribution >= 4 is 28.9 Å². The van der Waals surface area contributed by atoms with Crippen LogP contribution in [0.2, 0.25) is 0 Å². The minimum absolute atomic E-state index is 0.140. The number of rotatable bonds is 4. The summed E-state index contributed by atoms with van der Waals surface area (Å²) in [5.41, 5.74) is 1.68. The number of aromatic amines is 1. The summed E-state index contributed by atoms with van der Waals surface area (Å²) in [6, 6.07) is 6.92. The Labute approximate surface area is 109 Å². The van der Waals surface area contributed by atoms with Crippen LogP contribution in [0.25, 0.3) is 17.0 Å². The predicted molar refractivity (Wildman–Crippen MR) is 70.9 cm³/mol. The van der Waals surface area contributed by atoms with E-state index in [1.165, 1.54) is 6.08 Å². The first-order valence-electron chi connectivity index (χ1n) is 5.81. The lowest BCUT2D eigenvalue weighted by molar-refractivity contribution is -0.137. The number of hydrogen-bond donors (Lipinski definition) is 2. The Morgan fingerprint density at radius 2 is 2.16 bits per heavy atom. The topological polar surface area (TPSA) is 79.4 Å². The van der Waals surface area contributed by atoms with Gasteiger partial charge in [0.25, 0.3) is 0 Å². The first-order chi connectivity index (χ1) is 9.10. The molecule has 0 fully saturated rings. The molecule has 1 heterocycles. The van der Waals surface area contributed by atoms with Crippen molar-refractivity contribution in [3.63, 3.8) is 0 Å². The number of nitrogens with one attached hydrogen (secondary N) is 1. The Kier molecular flexibility index (Phi) is 3.66. The molecule has 0 unspecified atom stereocenters. The molecular formula is C14H13NO4. The first kappa shape index (κ1) is 12.9. The molecule has 2 aromatic rings. The molecule has 98 valence electrons. The summed E-state index contributed by atoms with van der Waals surface area (Å²) in [6.07, 6.45) is 2.97. The van der Waals surface area contributed by atoms with Crippen LogP contribution in [0.5, 0.6) is 0 Å². The summed E-state index contributed by atoms with van der Waals surface area (Å²) in [6.45, 7) is 2.08. The van der Waals surface area contributed by atoms with E-state index in [2.05, 4.69) is 4.98 Å². The van der Waals surface area contributed by atoms with Crippen LogP contribution in [0.1, 0.15) is 23.0 Å². The van der Waals surface area contributed by atoms with Gasteiger partial charge in [-0.1, -0.05) is 6.07 Å². The number of H-pyrrole nitrogens is 1. The number of aromatic carboxylic acids is 1. The quantitative estimate of drug-likeness (QED) is 0.653. The van der Waals surface area contributed by atoms with Crippen molar-refractivity contribution in [1.29, 1.82) is 0 Å². The molecule has 0 radical (unpaired) electrons. The van der Waals surface area contributed by atoms with Gasteiger partial charge in [0.15, 0.2) is 0 Å². The van der Waals surface area contributed by atoms with Crippen LogP contribution < -0.4 is 0 Å². The van der Waals surface area contributed by atoms with Gasteiger partial charge in [-0.05, 0) is 36.8 Å². The predicted octanol–water partition coefficient (Wildman–Crippen LogP) is 2.44. The maximum Gasteiger partial charge on any atom is 0.352 e. The molecule has 0 atom stereocenters. The van der Waals surface area contributed by atoms with Crippen molar-refractivity contribution in [2.45, 2.75) is 6.92 Å². The highest BCUT2D eigenvalue weighted by molar-refractivity contribution is 5.95. The maximum absolute atomic E-state index is 11.2. The van der Waals surface area contributed by atoms with E-state index in [0.29, 0.717) is 6.61 Å². The Hall–Kier alpha value is -2.56. The molecule has 19 heavy (non-hydrogen) atoms. The zero-order valence-electron chi connectivity index (χ0n) is 10.3. The molecule has 2 N–H and O–H groups in total. The van der Waals surface area contributed by atoms with Crippen molar-refractivity contribution < 1.29 is 19.4 Å². The summed E-state index contributed by atoms with van der Waals surface area (Å²) in [5, 5.41) is 9.66. The number of aromatic nitrogens is 1. The molecule has 5 heteroatoms. The van der Waals surface area contributed by atoms with Crippen LogP contribution in [0.4, 0.5) is 0 Å². The molecule has 0 saturated carbocycles. The third kappa shape index (κ3) is 3.01. The number of esters is 1. The van der Waals surface area contributed by atoms with Crippen molar-refractivity contribution in [1.82, 2.24) is 4.98 Å². The molecule has 0 aliphatic heterocycles. The molecule has 0 aliphatic carbocycles. The average Bonchev–Trinajstić information content (AvgIpc) is 2.80. The molecule has 0 amide bonds. The molecule has 5 nitrogen and oxygen atoms in total. The smallest absolute Gasteiger partial charge is 0.352 e. The van der Waals surface area contributed by atoms with E-state index < -0.39 is 11.9 Å². The molecular weight excluding hydrogens is 246 g/mol. The Bertz CT molecular complexity index is 655. The van der Waals surface area contributed by atoms with Crippen molar-refractivity contribution in [2.24, 2.45) is 0 Å². The summed E-state index contributed by atoms with van der Waals surface area (Å²) < 4.78 is 4.78. The number of carboxylic acids is 1. The van der Waals surface area contributed by atoms with E-state index in [0.717, 1.165) is 16.5 Å². The van der Waals surface area contributed by atoms with Crippen molar-refractivity contribution in [2.75, 3.05) is 6.61 Å². The van der Waals surface area contributed by atoms with Gasteiger partial charge < -0.3 is 14.8 Å². The van der Waals surface area contributed by atoms with Gasteiger partial charge in [0.05, 0.1) is 6.61 Å². The summed E-state index contributed by atoms with van der Waals surface area (Å²) in [5.74, 6) is -1.40. The lowest BCUT2D eigenvalue weighted by atomic mass is 10.1. The second-order valence-corrected chi connectivity index (χ2v) is 3.92. The third-order valence-corrected chi connectivity index (χ3v) is 2.57.